The number of aliphatic imine (C=N–C) groups is 1. The van der Waals surface area contributed by atoms with E-state index in [0.717, 1.165) is 23.7 Å². The number of nitrogens with zero attached hydrogens (tertiary/aromatic N) is 2. The molecule has 1 aromatic rings. The average molecular weight is 276 g/mol. The molecule has 1 aliphatic carbocycles. The summed E-state index contributed by atoms with van der Waals surface area (Å²) in [4.78, 5) is 18.4. The molecule has 0 amide bonds. The number of benzene rings is 1. The van der Waals surface area contributed by atoms with Gasteiger partial charge in [0.05, 0.1) is 11.9 Å². The largest absolute Gasteiger partial charge is 0.467 e. The van der Waals surface area contributed by atoms with Gasteiger partial charge in [-0.05, 0) is 25.0 Å². The van der Waals surface area contributed by atoms with E-state index in [1.165, 1.54) is 7.11 Å². The van der Waals surface area contributed by atoms with Crippen LogP contribution in [-0.4, -0.2) is 36.1 Å². The van der Waals surface area contributed by atoms with Gasteiger partial charge in [-0.1, -0.05) is 30.0 Å². The fraction of sp³-hybridized carbons (Fsp3) is 0.429. The van der Waals surface area contributed by atoms with Crippen molar-refractivity contribution in [3.63, 3.8) is 0 Å². The van der Waals surface area contributed by atoms with Crippen LogP contribution in [-0.2, 0) is 9.53 Å². The summed E-state index contributed by atoms with van der Waals surface area (Å²) in [6.07, 6.45) is 2.07. The van der Waals surface area contributed by atoms with Crippen molar-refractivity contribution in [2.75, 3.05) is 19.1 Å². The van der Waals surface area contributed by atoms with Gasteiger partial charge in [-0.3, -0.25) is 0 Å². The van der Waals surface area contributed by atoms with Crippen molar-refractivity contribution in [2.24, 2.45) is 4.99 Å². The predicted molar refractivity (Wildman–Crippen MR) is 77.6 cm³/mol. The van der Waals surface area contributed by atoms with Crippen LogP contribution in [0.1, 0.15) is 12.8 Å². The van der Waals surface area contributed by atoms with Crippen LogP contribution in [0, 0.1) is 0 Å². The van der Waals surface area contributed by atoms with Crippen LogP contribution in [0.5, 0.6) is 0 Å². The quantitative estimate of drug-likeness (QED) is 0.777. The van der Waals surface area contributed by atoms with Crippen LogP contribution in [0.3, 0.4) is 0 Å². The fourth-order valence-corrected chi connectivity index (χ4v) is 3.62. The van der Waals surface area contributed by atoms with Gasteiger partial charge in [-0.25, -0.2) is 9.79 Å². The number of anilines is 1. The Labute approximate surface area is 116 Å². The van der Waals surface area contributed by atoms with Crippen molar-refractivity contribution >= 4 is 28.6 Å². The molecule has 0 bridgehead atoms. The standard InChI is InChI=1S/C14H16N2O2S/c1-16(10-6-4-3-5-7-10)13-15-11(12(17)18-2)14(19-13)8-9-14/h3-7,11H,8-9H2,1-2H3. The number of esters is 1. The molecule has 4 nitrogen and oxygen atoms in total. The van der Waals surface area contributed by atoms with Crippen LogP contribution in [0.25, 0.3) is 0 Å². The van der Waals surface area contributed by atoms with Crippen molar-refractivity contribution in [1.29, 1.82) is 0 Å². The highest BCUT2D eigenvalue weighted by Gasteiger charge is 2.59. The monoisotopic (exact) mass is 276 g/mol. The molecule has 2 aliphatic rings. The Bertz CT molecular complexity index is 526. The Morgan fingerprint density at radius 1 is 1.42 bits per heavy atom. The molecule has 0 aromatic heterocycles. The van der Waals surface area contributed by atoms with E-state index in [-0.39, 0.29) is 16.8 Å². The minimum atomic E-state index is -0.344. The van der Waals surface area contributed by atoms with E-state index >= 15 is 0 Å². The highest BCUT2D eigenvalue weighted by molar-refractivity contribution is 8.16. The smallest absolute Gasteiger partial charge is 0.332 e. The first kappa shape index (κ1) is 12.5. The van der Waals surface area contributed by atoms with Gasteiger partial charge in [0.1, 0.15) is 0 Å². The Morgan fingerprint density at radius 3 is 2.68 bits per heavy atom. The molecule has 1 atom stereocenters. The number of amidine groups is 1. The van der Waals surface area contributed by atoms with Crippen molar-refractivity contribution < 1.29 is 9.53 Å². The van der Waals surface area contributed by atoms with Gasteiger partial charge in [0, 0.05) is 12.7 Å². The van der Waals surface area contributed by atoms with Gasteiger partial charge in [-0.15, -0.1) is 0 Å². The molecule has 1 unspecified atom stereocenters. The normalized spacial score (nSPS) is 23.1. The molecule has 3 rings (SSSR count). The zero-order valence-electron chi connectivity index (χ0n) is 11.0. The third kappa shape index (κ3) is 2.12. The molecule has 1 spiro atoms. The van der Waals surface area contributed by atoms with Gasteiger partial charge in [0.15, 0.2) is 11.2 Å². The summed E-state index contributed by atoms with van der Waals surface area (Å²) in [7, 11) is 3.41. The Hall–Kier alpha value is -1.49. The fourth-order valence-electron chi connectivity index (χ4n) is 2.29. The molecule has 1 saturated carbocycles. The molecule has 1 aliphatic heterocycles. The van der Waals surface area contributed by atoms with E-state index in [0.29, 0.717) is 0 Å². The first-order chi connectivity index (χ1) is 9.16. The van der Waals surface area contributed by atoms with Crippen molar-refractivity contribution in [3.05, 3.63) is 30.3 Å². The second-order valence-electron chi connectivity index (χ2n) is 4.90. The maximum absolute atomic E-state index is 11.8. The van der Waals surface area contributed by atoms with Gasteiger partial charge in [-0.2, -0.15) is 0 Å². The molecule has 0 N–H and O–H groups in total. The van der Waals surface area contributed by atoms with Crippen molar-refractivity contribution in [2.45, 2.75) is 23.6 Å². The van der Waals surface area contributed by atoms with E-state index in [4.69, 9.17) is 4.74 Å². The van der Waals surface area contributed by atoms with E-state index in [1.54, 1.807) is 11.8 Å². The van der Waals surface area contributed by atoms with Gasteiger partial charge < -0.3 is 9.64 Å². The average Bonchev–Trinajstić information content (AvgIpc) is 3.11. The molecular formula is C14H16N2O2S. The molecule has 0 saturated heterocycles. The lowest BCUT2D eigenvalue weighted by atomic mass is 10.2. The molecule has 0 radical (unpaired) electrons. The third-order valence-corrected chi connectivity index (χ3v) is 5.23. The van der Waals surface area contributed by atoms with Gasteiger partial charge in [0.25, 0.3) is 0 Å². The van der Waals surface area contributed by atoms with E-state index in [1.807, 2.05) is 42.3 Å². The Balaban J connectivity index is 1.84. The van der Waals surface area contributed by atoms with Crippen LogP contribution in [0.15, 0.2) is 35.3 Å². The number of rotatable bonds is 2. The lowest BCUT2D eigenvalue weighted by molar-refractivity contribution is -0.142. The summed E-state index contributed by atoms with van der Waals surface area (Å²) in [5.41, 5.74) is 1.08. The van der Waals surface area contributed by atoms with Crippen LogP contribution >= 0.6 is 11.8 Å². The van der Waals surface area contributed by atoms with Crippen LogP contribution in [0.4, 0.5) is 5.69 Å². The lowest BCUT2D eigenvalue weighted by Gasteiger charge is -2.18. The summed E-state index contributed by atoms with van der Waals surface area (Å²) in [5.74, 6) is -0.221. The van der Waals surface area contributed by atoms with E-state index in [2.05, 4.69) is 4.99 Å². The molecule has 19 heavy (non-hydrogen) atoms. The summed E-state index contributed by atoms with van der Waals surface area (Å²) in [6.45, 7) is 0. The van der Waals surface area contributed by atoms with Crippen LogP contribution < -0.4 is 4.90 Å². The number of ether oxygens (including phenoxy) is 1. The van der Waals surface area contributed by atoms with Gasteiger partial charge >= 0.3 is 5.97 Å². The second kappa shape index (κ2) is 4.56. The molecular weight excluding hydrogens is 260 g/mol. The minimum absolute atomic E-state index is 0.0362. The van der Waals surface area contributed by atoms with Gasteiger partial charge in [0.2, 0.25) is 0 Å². The zero-order chi connectivity index (χ0) is 13.5. The minimum Gasteiger partial charge on any atom is -0.467 e. The first-order valence-corrected chi connectivity index (χ1v) is 7.11. The van der Waals surface area contributed by atoms with Crippen molar-refractivity contribution in [1.82, 2.24) is 0 Å². The molecule has 1 fully saturated rings. The number of hydrogen-bond acceptors (Lipinski definition) is 5. The zero-order valence-corrected chi connectivity index (χ0v) is 11.8. The summed E-state index contributed by atoms with van der Waals surface area (Å²) in [6, 6.07) is 9.71. The van der Waals surface area contributed by atoms with Crippen molar-refractivity contribution in [3.8, 4) is 0 Å². The summed E-state index contributed by atoms with van der Waals surface area (Å²) < 4.78 is 4.83. The molecule has 1 heterocycles. The second-order valence-corrected chi connectivity index (χ2v) is 6.28. The number of methoxy groups -OCH3 is 1. The number of para-hydroxylation sites is 1. The number of carbonyl (C=O) groups excluding carboxylic acids is 1. The number of carbonyl (C=O) groups is 1. The van der Waals surface area contributed by atoms with E-state index < -0.39 is 0 Å². The SMILES string of the molecule is COC(=O)C1N=C(N(C)c2ccccc2)SC12CC2. The highest BCUT2D eigenvalue weighted by atomic mass is 32.2. The topological polar surface area (TPSA) is 41.9 Å². The summed E-state index contributed by atoms with van der Waals surface area (Å²) in [5, 5.41) is 0.902. The Kier molecular flexibility index (Phi) is 3.01. The summed E-state index contributed by atoms with van der Waals surface area (Å²) >= 11 is 1.71. The Morgan fingerprint density at radius 2 is 2.11 bits per heavy atom. The predicted octanol–water partition coefficient (Wildman–Crippen LogP) is 2.30. The number of hydrogen-bond donors (Lipinski definition) is 0. The molecule has 1 aromatic carbocycles. The lowest BCUT2D eigenvalue weighted by Crippen LogP contribution is -2.29. The first-order valence-electron chi connectivity index (χ1n) is 6.30. The highest BCUT2D eigenvalue weighted by Crippen LogP contribution is 2.57. The number of thioether (sulfide) groups is 1. The maximum Gasteiger partial charge on any atom is 0.332 e. The third-order valence-electron chi connectivity index (χ3n) is 3.63. The van der Waals surface area contributed by atoms with E-state index in [9.17, 15) is 4.79 Å². The molecule has 5 heteroatoms. The maximum atomic E-state index is 11.8. The van der Waals surface area contributed by atoms with Crippen LogP contribution in [0.2, 0.25) is 0 Å². The molecule has 100 valence electrons.